The van der Waals surface area contributed by atoms with Gasteiger partial charge in [0.15, 0.2) is 11.5 Å². The molecule has 0 amide bonds. The molecule has 3 heterocycles. The number of rotatable bonds is 5. The van der Waals surface area contributed by atoms with Gasteiger partial charge in [-0.1, -0.05) is 12.1 Å². The highest BCUT2D eigenvalue weighted by Crippen LogP contribution is 2.30. The molecule has 0 atom stereocenters. The zero-order chi connectivity index (χ0) is 20.4. The van der Waals surface area contributed by atoms with Crippen molar-refractivity contribution < 1.29 is 23.0 Å². The first-order valence-corrected chi connectivity index (χ1v) is 9.21. The number of anilines is 1. The van der Waals surface area contributed by atoms with E-state index in [0.717, 1.165) is 32.0 Å². The zero-order valence-corrected chi connectivity index (χ0v) is 15.5. The Morgan fingerprint density at radius 3 is 2.62 bits per heavy atom. The van der Waals surface area contributed by atoms with Crippen molar-refractivity contribution in [3.05, 3.63) is 42.9 Å². The van der Waals surface area contributed by atoms with Crippen LogP contribution in [0.4, 0.5) is 19.0 Å². The molecule has 29 heavy (non-hydrogen) atoms. The number of imidazole rings is 1. The van der Waals surface area contributed by atoms with Crippen molar-refractivity contribution in [1.82, 2.24) is 19.3 Å². The summed E-state index contributed by atoms with van der Waals surface area (Å²) in [5, 5.41) is 9.08. The SMILES string of the molecule is OCCN1CCN(c2nccn3c(-c4cccc(OC(F)(F)F)c4)cnc23)CC1. The minimum atomic E-state index is -4.74. The number of aromatic nitrogens is 3. The molecule has 3 aromatic rings. The van der Waals surface area contributed by atoms with E-state index in [1.165, 1.54) is 18.2 Å². The van der Waals surface area contributed by atoms with E-state index in [9.17, 15) is 13.2 Å². The molecule has 10 heteroatoms. The van der Waals surface area contributed by atoms with Crippen LogP contribution in [0.15, 0.2) is 42.9 Å². The number of benzene rings is 1. The first-order chi connectivity index (χ1) is 13.9. The van der Waals surface area contributed by atoms with Gasteiger partial charge in [0.1, 0.15) is 5.75 Å². The minimum absolute atomic E-state index is 0.133. The van der Waals surface area contributed by atoms with Crippen molar-refractivity contribution in [3.8, 4) is 17.0 Å². The lowest BCUT2D eigenvalue weighted by Gasteiger charge is -2.35. The molecule has 7 nitrogen and oxygen atoms in total. The van der Waals surface area contributed by atoms with E-state index >= 15 is 0 Å². The number of ether oxygens (including phenoxy) is 1. The van der Waals surface area contributed by atoms with Gasteiger partial charge in [-0.05, 0) is 12.1 Å². The maximum absolute atomic E-state index is 12.5. The van der Waals surface area contributed by atoms with Gasteiger partial charge in [-0.2, -0.15) is 0 Å². The van der Waals surface area contributed by atoms with Gasteiger partial charge >= 0.3 is 6.36 Å². The molecule has 0 radical (unpaired) electrons. The number of β-amino-alcohol motifs (C(OH)–C–C–N with tert-alkyl or cyclic N) is 1. The van der Waals surface area contributed by atoms with Crippen LogP contribution in [0.5, 0.6) is 5.75 Å². The monoisotopic (exact) mass is 407 g/mol. The molecule has 0 saturated carbocycles. The van der Waals surface area contributed by atoms with Crippen molar-refractivity contribution in [2.45, 2.75) is 6.36 Å². The molecule has 1 fully saturated rings. The van der Waals surface area contributed by atoms with Crippen LogP contribution in [0.25, 0.3) is 16.9 Å². The second-order valence-electron chi connectivity index (χ2n) is 6.72. The fourth-order valence-electron chi connectivity index (χ4n) is 3.52. The van der Waals surface area contributed by atoms with Gasteiger partial charge in [-0.15, -0.1) is 13.2 Å². The Balaban J connectivity index is 1.63. The molecule has 1 aliphatic heterocycles. The minimum Gasteiger partial charge on any atom is -0.406 e. The summed E-state index contributed by atoms with van der Waals surface area (Å²) >= 11 is 0. The van der Waals surface area contributed by atoms with Crippen LogP contribution >= 0.6 is 0 Å². The molecule has 154 valence electrons. The predicted octanol–water partition coefficient (Wildman–Crippen LogP) is 2.41. The Bertz CT molecular complexity index is 983. The van der Waals surface area contributed by atoms with Gasteiger partial charge in [0, 0.05) is 50.7 Å². The molecule has 0 unspecified atom stereocenters. The third-order valence-corrected chi connectivity index (χ3v) is 4.86. The Hall–Kier alpha value is -2.85. The Kier molecular flexibility index (Phi) is 5.29. The lowest BCUT2D eigenvalue weighted by Crippen LogP contribution is -2.47. The van der Waals surface area contributed by atoms with Gasteiger partial charge in [-0.3, -0.25) is 9.30 Å². The average molecular weight is 407 g/mol. The van der Waals surface area contributed by atoms with Crippen molar-refractivity contribution in [2.24, 2.45) is 0 Å². The van der Waals surface area contributed by atoms with E-state index in [1.54, 1.807) is 24.7 Å². The number of piperazine rings is 1. The lowest BCUT2D eigenvalue weighted by molar-refractivity contribution is -0.274. The number of aliphatic hydroxyl groups is 1. The van der Waals surface area contributed by atoms with Gasteiger partial charge in [-0.25, -0.2) is 9.97 Å². The molecule has 0 bridgehead atoms. The van der Waals surface area contributed by atoms with Crippen molar-refractivity contribution >= 4 is 11.5 Å². The van der Waals surface area contributed by atoms with Gasteiger partial charge in [0.2, 0.25) is 0 Å². The highest BCUT2D eigenvalue weighted by atomic mass is 19.4. The molecule has 4 rings (SSSR count). The van der Waals surface area contributed by atoms with Crippen molar-refractivity contribution in [3.63, 3.8) is 0 Å². The third kappa shape index (κ3) is 4.28. The van der Waals surface area contributed by atoms with Crippen LogP contribution < -0.4 is 9.64 Å². The van der Waals surface area contributed by atoms with Crippen LogP contribution in [0.3, 0.4) is 0 Å². The quantitative estimate of drug-likeness (QED) is 0.701. The summed E-state index contributed by atoms with van der Waals surface area (Å²) in [6.45, 7) is 3.92. The van der Waals surface area contributed by atoms with Crippen LogP contribution in [0.2, 0.25) is 0 Å². The molecule has 2 aromatic heterocycles. The second kappa shape index (κ2) is 7.88. The second-order valence-corrected chi connectivity index (χ2v) is 6.72. The number of aliphatic hydroxyl groups excluding tert-OH is 1. The van der Waals surface area contributed by atoms with Gasteiger partial charge in [0.05, 0.1) is 18.5 Å². The van der Waals surface area contributed by atoms with Crippen LogP contribution in [-0.2, 0) is 0 Å². The number of alkyl halides is 3. The topological polar surface area (TPSA) is 66.1 Å². The number of halogens is 3. The first-order valence-electron chi connectivity index (χ1n) is 9.21. The fourth-order valence-corrected chi connectivity index (χ4v) is 3.52. The van der Waals surface area contributed by atoms with Crippen molar-refractivity contribution in [2.75, 3.05) is 44.2 Å². The number of fused-ring (bicyclic) bond motifs is 1. The fraction of sp³-hybridized carbons (Fsp3) is 0.368. The van der Waals surface area contributed by atoms with E-state index in [0.29, 0.717) is 23.4 Å². The van der Waals surface area contributed by atoms with E-state index in [1.807, 2.05) is 4.40 Å². The normalized spacial score (nSPS) is 15.8. The predicted molar refractivity (Wildman–Crippen MR) is 101 cm³/mol. The maximum Gasteiger partial charge on any atom is 0.573 e. The zero-order valence-electron chi connectivity index (χ0n) is 15.5. The van der Waals surface area contributed by atoms with Crippen LogP contribution in [0.1, 0.15) is 0 Å². The lowest BCUT2D eigenvalue weighted by atomic mass is 10.1. The average Bonchev–Trinajstić information content (AvgIpc) is 3.12. The molecule has 1 saturated heterocycles. The maximum atomic E-state index is 12.5. The molecule has 1 N–H and O–H groups in total. The molecule has 0 spiro atoms. The highest BCUT2D eigenvalue weighted by Gasteiger charge is 2.31. The Morgan fingerprint density at radius 2 is 1.90 bits per heavy atom. The Labute approximate surface area is 165 Å². The van der Waals surface area contributed by atoms with Crippen LogP contribution in [0, 0.1) is 0 Å². The van der Waals surface area contributed by atoms with E-state index in [4.69, 9.17) is 5.11 Å². The Morgan fingerprint density at radius 1 is 1.10 bits per heavy atom. The summed E-state index contributed by atoms with van der Waals surface area (Å²) in [6.07, 6.45) is 0.271. The first kappa shape index (κ1) is 19.5. The number of hydrogen-bond donors (Lipinski definition) is 1. The third-order valence-electron chi connectivity index (χ3n) is 4.86. The van der Waals surface area contributed by atoms with Crippen molar-refractivity contribution in [1.29, 1.82) is 0 Å². The highest BCUT2D eigenvalue weighted by molar-refractivity contribution is 5.72. The molecule has 0 aliphatic carbocycles. The number of hydrogen-bond acceptors (Lipinski definition) is 6. The molecular formula is C19H20F3N5O2. The summed E-state index contributed by atoms with van der Waals surface area (Å²) < 4.78 is 43.4. The van der Waals surface area contributed by atoms with Crippen LogP contribution in [-0.4, -0.2) is 70.1 Å². The van der Waals surface area contributed by atoms with E-state index < -0.39 is 6.36 Å². The summed E-state index contributed by atoms with van der Waals surface area (Å²) in [5.74, 6) is 0.448. The summed E-state index contributed by atoms with van der Waals surface area (Å²) in [4.78, 5) is 13.3. The standard InChI is InChI=1S/C19H20F3N5O2/c20-19(21,22)29-15-3-1-2-14(12-15)16-13-24-18-17(23-4-5-27(16)18)26-8-6-25(7-9-26)10-11-28/h1-5,12-13,28H,6-11H2. The summed E-state index contributed by atoms with van der Waals surface area (Å²) in [7, 11) is 0. The van der Waals surface area contributed by atoms with E-state index in [-0.39, 0.29) is 12.4 Å². The van der Waals surface area contributed by atoms with Gasteiger partial charge < -0.3 is 14.7 Å². The summed E-state index contributed by atoms with van der Waals surface area (Å²) in [5.41, 5.74) is 1.85. The smallest absolute Gasteiger partial charge is 0.406 e. The molecule has 1 aromatic carbocycles. The van der Waals surface area contributed by atoms with Gasteiger partial charge in [0.25, 0.3) is 0 Å². The largest absolute Gasteiger partial charge is 0.573 e. The summed E-state index contributed by atoms with van der Waals surface area (Å²) in [6, 6.07) is 5.82. The number of nitrogens with zero attached hydrogens (tertiary/aromatic N) is 5. The molecule has 1 aliphatic rings. The molecular weight excluding hydrogens is 387 g/mol. The van der Waals surface area contributed by atoms with E-state index in [2.05, 4.69) is 24.5 Å².